The van der Waals surface area contributed by atoms with Crippen molar-refractivity contribution in [2.75, 3.05) is 32.8 Å². The number of thiazole rings is 1. The van der Waals surface area contributed by atoms with Gasteiger partial charge in [0.2, 0.25) is 5.91 Å². The molecule has 2 saturated heterocycles. The molecule has 0 aromatic carbocycles. The van der Waals surface area contributed by atoms with Gasteiger partial charge < -0.3 is 15.1 Å². The van der Waals surface area contributed by atoms with Gasteiger partial charge in [-0.2, -0.15) is 5.06 Å². The SMILES string of the molecule is CC(C)C[C@H]1ON(C(=O)/C=C/c2nc(C#CCCCCO)cs2)C2=CN(C3CN(CCCCO)C3)C(=O)[C@H](CC(C)(C)C)N2C1=O. The number of hydrogen-bond acceptors (Lipinski definition) is 9. The van der Waals surface area contributed by atoms with Crippen LogP contribution in [-0.2, 0) is 19.2 Å². The van der Waals surface area contributed by atoms with E-state index >= 15 is 0 Å². The van der Waals surface area contributed by atoms with Crippen LogP contribution < -0.4 is 0 Å². The molecule has 0 unspecified atom stereocenters. The Labute approximate surface area is 276 Å². The Kier molecular flexibility index (Phi) is 12.6. The number of unbranched alkanes of at least 4 members (excludes halogenated alkanes) is 3. The second kappa shape index (κ2) is 16.2. The van der Waals surface area contributed by atoms with Crippen LogP contribution in [0.5, 0.6) is 0 Å². The minimum atomic E-state index is -0.908. The van der Waals surface area contributed by atoms with Gasteiger partial charge in [-0.25, -0.2) is 4.98 Å². The van der Waals surface area contributed by atoms with Gasteiger partial charge in [0.1, 0.15) is 16.7 Å². The van der Waals surface area contributed by atoms with E-state index in [0.717, 1.165) is 25.8 Å². The molecule has 1 aromatic heterocycles. The number of amides is 3. The lowest BCUT2D eigenvalue weighted by atomic mass is 9.85. The number of rotatable bonds is 13. The van der Waals surface area contributed by atoms with E-state index in [-0.39, 0.29) is 48.2 Å². The molecule has 3 aliphatic heterocycles. The Morgan fingerprint density at radius 3 is 2.52 bits per heavy atom. The first-order chi connectivity index (χ1) is 21.9. The summed E-state index contributed by atoms with van der Waals surface area (Å²) in [5.41, 5.74) is 0.347. The highest BCUT2D eigenvalue weighted by molar-refractivity contribution is 7.10. The van der Waals surface area contributed by atoms with E-state index in [1.165, 1.54) is 27.4 Å². The molecule has 2 fully saturated rings. The van der Waals surface area contributed by atoms with Gasteiger partial charge in [0.15, 0.2) is 11.9 Å². The summed E-state index contributed by atoms with van der Waals surface area (Å²) in [6.45, 7) is 12.6. The van der Waals surface area contributed by atoms with E-state index in [9.17, 15) is 14.4 Å². The minimum Gasteiger partial charge on any atom is -0.396 e. The Hall–Kier alpha value is -3.08. The monoisotopic (exact) mass is 655 g/mol. The summed E-state index contributed by atoms with van der Waals surface area (Å²) in [7, 11) is 0. The van der Waals surface area contributed by atoms with Crippen molar-refractivity contribution in [1.82, 2.24) is 24.7 Å². The number of fused-ring (bicyclic) bond motifs is 1. The van der Waals surface area contributed by atoms with Gasteiger partial charge in [-0.1, -0.05) is 40.5 Å². The molecule has 4 heterocycles. The first-order valence-corrected chi connectivity index (χ1v) is 17.2. The number of carbonyl (C=O) groups is 3. The second-order valence-electron chi connectivity index (χ2n) is 13.8. The number of carbonyl (C=O) groups excluding carboxylic acids is 3. The van der Waals surface area contributed by atoms with E-state index in [4.69, 9.17) is 15.1 Å². The van der Waals surface area contributed by atoms with Crippen molar-refractivity contribution in [2.45, 2.75) is 97.8 Å². The zero-order chi connectivity index (χ0) is 33.4. The average molecular weight is 656 g/mol. The Balaban J connectivity index is 1.61. The van der Waals surface area contributed by atoms with E-state index in [1.54, 1.807) is 17.2 Å². The number of hydrogen-bond donors (Lipinski definition) is 2. The molecule has 4 rings (SSSR count). The van der Waals surface area contributed by atoms with Crippen molar-refractivity contribution in [3.8, 4) is 11.8 Å². The molecule has 1 aromatic rings. The first kappa shape index (κ1) is 35.8. The molecular weight excluding hydrogens is 606 g/mol. The van der Waals surface area contributed by atoms with Crippen LogP contribution in [0.15, 0.2) is 23.5 Å². The van der Waals surface area contributed by atoms with Crippen LogP contribution in [0.1, 0.15) is 90.3 Å². The van der Waals surface area contributed by atoms with E-state index in [0.29, 0.717) is 49.5 Å². The topological polar surface area (TPSA) is 127 Å². The second-order valence-corrected chi connectivity index (χ2v) is 14.7. The molecule has 3 aliphatic rings. The maximum atomic E-state index is 14.1. The number of aliphatic hydroxyl groups is 2. The molecule has 2 N–H and O–H groups in total. The molecule has 0 bridgehead atoms. The Morgan fingerprint density at radius 2 is 1.85 bits per heavy atom. The van der Waals surface area contributed by atoms with Crippen molar-refractivity contribution < 1.29 is 29.4 Å². The van der Waals surface area contributed by atoms with Crippen LogP contribution in [0.25, 0.3) is 6.08 Å². The summed E-state index contributed by atoms with van der Waals surface area (Å²) >= 11 is 1.37. The van der Waals surface area contributed by atoms with Crippen LogP contribution in [0.2, 0.25) is 0 Å². The number of aliphatic hydroxyl groups excluding tert-OH is 2. The molecule has 0 saturated carbocycles. The van der Waals surface area contributed by atoms with Gasteiger partial charge in [0, 0.05) is 44.2 Å². The summed E-state index contributed by atoms with van der Waals surface area (Å²) in [4.78, 5) is 57.9. The van der Waals surface area contributed by atoms with Crippen molar-refractivity contribution in [2.24, 2.45) is 11.3 Å². The normalized spacial score (nSPS) is 21.0. The standard InChI is InChI=1S/C34H49N5O6S/c1-24(2)18-28-33(44)38-27(19-34(3,4)5)32(43)37(26-20-36(21-26)15-9-11-17-41)22-30(38)39(45-28)31(42)14-13-29-35-25(23-46-29)12-8-6-7-10-16-40/h13-14,22-24,26-28,40-41H,6-7,9-11,15-21H2,1-5H3/b14-13+/t27-,28+/m0/s1. The quantitative estimate of drug-likeness (QED) is 0.188. The fourth-order valence-electron chi connectivity index (χ4n) is 5.73. The number of likely N-dealkylation sites (tertiary alicyclic amines) is 1. The summed E-state index contributed by atoms with van der Waals surface area (Å²) in [5.74, 6) is 5.52. The van der Waals surface area contributed by atoms with Crippen LogP contribution >= 0.6 is 11.3 Å². The van der Waals surface area contributed by atoms with Gasteiger partial charge in [0.05, 0.1) is 12.2 Å². The first-order valence-electron chi connectivity index (χ1n) is 16.4. The van der Waals surface area contributed by atoms with E-state index in [2.05, 4.69) is 21.7 Å². The third-order valence-corrected chi connectivity index (χ3v) is 8.84. The lowest BCUT2D eigenvalue weighted by Crippen LogP contribution is -2.68. The van der Waals surface area contributed by atoms with Gasteiger partial charge in [-0.15, -0.1) is 11.3 Å². The van der Waals surface area contributed by atoms with Crippen molar-refractivity contribution >= 4 is 35.1 Å². The van der Waals surface area contributed by atoms with Crippen LogP contribution in [0, 0.1) is 23.2 Å². The third-order valence-electron chi connectivity index (χ3n) is 8.03. The lowest BCUT2D eigenvalue weighted by molar-refractivity contribution is -0.227. The largest absolute Gasteiger partial charge is 0.396 e. The zero-order valence-corrected chi connectivity index (χ0v) is 28.6. The summed E-state index contributed by atoms with van der Waals surface area (Å²) in [5, 5.41) is 21.7. The Morgan fingerprint density at radius 1 is 1.13 bits per heavy atom. The Bertz CT molecular complexity index is 1350. The van der Waals surface area contributed by atoms with Crippen LogP contribution in [-0.4, -0.2) is 104 Å². The molecular formula is C34H49N5O6S. The maximum Gasteiger partial charge on any atom is 0.276 e. The van der Waals surface area contributed by atoms with E-state index in [1.807, 2.05) is 40.0 Å². The van der Waals surface area contributed by atoms with Gasteiger partial charge in [-0.3, -0.25) is 29.0 Å². The summed E-state index contributed by atoms with van der Waals surface area (Å²) in [6.07, 6.45) is 8.34. The van der Waals surface area contributed by atoms with Crippen LogP contribution in [0.3, 0.4) is 0 Å². The van der Waals surface area contributed by atoms with E-state index < -0.39 is 18.1 Å². The van der Waals surface area contributed by atoms with Gasteiger partial charge >= 0.3 is 0 Å². The van der Waals surface area contributed by atoms with Gasteiger partial charge in [0.25, 0.3) is 11.8 Å². The highest BCUT2D eigenvalue weighted by atomic mass is 32.1. The fourth-order valence-corrected chi connectivity index (χ4v) is 6.37. The molecule has 0 spiro atoms. The highest BCUT2D eigenvalue weighted by Crippen LogP contribution is 2.37. The molecule has 12 heteroatoms. The van der Waals surface area contributed by atoms with Gasteiger partial charge in [-0.05, 0) is 68.4 Å². The third kappa shape index (κ3) is 9.26. The molecule has 3 amide bonds. The fraction of sp³-hybridized carbons (Fsp3) is 0.647. The zero-order valence-electron chi connectivity index (χ0n) is 27.8. The number of nitrogens with zero attached hydrogens (tertiary/aromatic N) is 5. The van der Waals surface area contributed by atoms with Crippen molar-refractivity contribution in [1.29, 1.82) is 0 Å². The van der Waals surface area contributed by atoms with Crippen molar-refractivity contribution in [3.63, 3.8) is 0 Å². The minimum absolute atomic E-state index is 0.0896. The predicted octanol–water partition coefficient (Wildman–Crippen LogP) is 3.59. The summed E-state index contributed by atoms with van der Waals surface area (Å²) in [6, 6.07) is -0.862. The molecule has 11 nitrogen and oxygen atoms in total. The smallest absolute Gasteiger partial charge is 0.276 e. The lowest BCUT2D eigenvalue weighted by Gasteiger charge is -2.52. The molecule has 0 radical (unpaired) electrons. The molecule has 2 atom stereocenters. The number of hydroxylamine groups is 2. The molecule has 252 valence electrons. The highest BCUT2D eigenvalue weighted by Gasteiger charge is 2.51. The summed E-state index contributed by atoms with van der Waals surface area (Å²) < 4.78 is 0. The maximum absolute atomic E-state index is 14.1. The number of aromatic nitrogens is 1. The molecule has 46 heavy (non-hydrogen) atoms. The predicted molar refractivity (Wildman–Crippen MR) is 176 cm³/mol. The average Bonchev–Trinajstić information content (AvgIpc) is 3.42. The molecule has 0 aliphatic carbocycles. The van der Waals surface area contributed by atoms with Crippen LogP contribution in [0.4, 0.5) is 0 Å². The van der Waals surface area contributed by atoms with Crippen molar-refractivity contribution in [3.05, 3.63) is 34.2 Å².